The van der Waals surface area contributed by atoms with E-state index in [0.29, 0.717) is 23.4 Å². The molecule has 2 heterocycles. The van der Waals surface area contributed by atoms with E-state index in [-0.39, 0.29) is 24.3 Å². The number of methoxy groups -OCH3 is 1. The van der Waals surface area contributed by atoms with Gasteiger partial charge in [-0.25, -0.2) is 8.42 Å². The minimum atomic E-state index is -4.94. The predicted molar refractivity (Wildman–Crippen MR) is 117 cm³/mol. The van der Waals surface area contributed by atoms with Gasteiger partial charge in [0.25, 0.3) is 0 Å². The molecule has 1 saturated heterocycles. The van der Waals surface area contributed by atoms with Gasteiger partial charge in [-0.05, 0) is 55.3 Å². The SMILES string of the molecule is COc1ccc2nc(C3CC(S(=O)(=O)c4cccc(OC(F)(F)F)c4)CCN3C=O)ccc2c1. The number of nitrogens with zero attached hydrogens (tertiary/aromatic N) is 2. The molecule has 0 spiro atoms. The number of sulfone groups is 1. The van der Waals surface area contributed by atoms with Gasteiger partial charge >= 0.3 is 6.36 Å². The molecule has 0 N–H and O–H groups in total. The van der Waals surface area contributed by atoms with Gasteiger partial charge in [0, 0.05) is 11.9 Å². The molecule has 1 aliphatic rings. The maximum Gasteiger partial charge on any atom is 0.573 e. The molecule has 1 fully saturated rings. The molecule has 2 atom stereocenters. The van der Waals surface area contributed by atoms with Crippen molar-refractivity contribution in [1.29, 1.82) is 0 Å². The summed E-state index contributed by atoms with van der Waals surface area (Å²) in [7, 11) is -2.44. The smallest absolute Gasteiger partial charge is 0.497 e. The number of piperidine rings is 1. The molecule has 0 bridgehead atoms. The molecule has 0 saturated carbocycles. The lowest BCUT2D eigenvalue weighted by molar-refractivity contribution is -0.274. The van der Waals surface area contributed by atoms with Crippen LogP contribution in [0.25, 0.3) is 10.9 Å². The summed E-state index contributed by atoms with van der Waals surface area (Å²) in [5, 5.41) is -0.0922. The Balaban J connectivity index is 1.64. The van der Waals surface area contributed by atoms with Crippen LogP contribution in [0, 0.1) is 0 Å². The normalized spacial score (nSPS) is 19.1. The third kappa shape index (κ3) is 4.93. The molecule has 2 aromatic carbocycles. The second-order valence-corrected chi connectivity index (χ2v) is 10.1. The number of hydrogen-bond acceptors (Lipinski definition) is 6. The van der Waals surface area contributed by atoms with E-state index < -0.39 is 33.2 Å². The number of pyridine rings is 1. The van der Waals surface area contributed by atoms with Crippen LogP contribution in [0.5, 0.6) is 11.5 Å². The zero-order valence-electron chi connectivity index (χ0n) is 18.0. The lowest BCUT2D eigenvalue weighted by Crippen LogP contribution is -2.41. The average Bonchev–Trinajstić information content (AvgIpc) is 2.82. The molecule has 3 aromatic rings. The highest BCUT2D eigenvalue weighted by Gasteiger charge is 2.38. The first-order chi connectivity index (χ1) is 16.1. The van der Waals surface area contributed by atoms with E-state index in [1.165, 1.54) is 17.0 Å². The van der Waals surface area contributed by atoms with Crippen LogP contribution in [0.3, 0.4) is 0 Å². The molecule has 1 aromatic heterocycles. The molecule has 1 aliphatic heterocycles. The Kier molecular flexibility index (Phi) is 6.39. The van der Waals surface area contributed by atoms with Crippen molar-refractivity contribution in [1.82, 2.24) is 9.88 Å². The second-order valence-electron chi connectivity index (χ2n) is 7.87. The number of halogens is 3. The Morgan fingerprint density at radius 3 is 2.59 bits per heavy atom. The number of carbonyl (C=O) groups is 1. The first-order valence-electron chi connectivity index (χ1n) is 10.4. The fourth-order valence-electron chi connectivity index (χ4n) is 4.12. The Morgan fingerprint density at radius 1 is 1.09 bits per heavy atom. The van der Waals surface area contributed by atoms with Crippen LogP contribution in [0.1, 0.15) is 24.6 Å². The zero-order chi connectivity index (χ0) is 24.5. The van der Waals surface area contributed by atoms with Gasteiger partial charge in [-0.2, -0.15) is 0 Å². The van der Waals surface area contributed by atoms with Gasteiger partial charge in [-0.1, -0.05) is 12.1 Å². The van der Waals surface area contributed by atoms with Crippen LogP contribution < -0.4 is 9.47 Å². The van der Waals surface area contributed by atoms with Crippen LogP contribution in [-0.2, 0) is 14.6 Å². The largest absolute Gasteiger partial charge is 0.573 e. The first-order valence-corrected chi connectivity index (χ1v) is 11.9. The predicted octanol–water partition coefficient (Wildman–Crippen LogP) is 4.28. The van der Waals surface area contributed by atoms with Crippen molar-refractivity contribution in [2.75, 3.05) is 13.7 Å². The molecular weight excluding hydrogens is 473 g/mol. The van der Waals surface area contributed by atoms with E-state index in [1.54, 1.807) is 25.3 Å². The highest BCUT2D eigenvalue weighted by atomic mass is 32.2. The fourth-order valence-corrected chi connectivity index (χ4v) is 5.91. The van der Waals surface area contributed by atoms with Crippen molar-refractivity contribution >= 4 is 27.2 Å². The molecule has 180 valence electrons. The number of alkyl halides is 3. The van der Waals surface area contributed by atoms with Gasteiger partial charge in [0.15, 0.2) is 9.84 Å². The molecule has 1 amide bonds. The maximum atomic E-state index is 13.3. The topological polar surface area (TPSA) is 85.8 Å². The second kappa shape index (κ2) is 9.13. The van der Waals surface area contributed by atoms with E-state index in [4.69, 9.17) is 4.74 Å². The first kappa shape index (κ1) is 23.8. The van der Waals surface area contributed by atoms with E-state index in [9.17, 15) is 26.4 Å². The number of ether oxygens (including phenoxy) is 2. The van der Waals surface area contributed by atoms with Crippen molar-refractivity contribution < 1.29 is 35.9 Å². The number of likely N-dealkylation sites (tertiary alicyclic amines) is 1. The van der Waals surface area contributed by atoms with Crippen molar-refractivity contribution in [2.45, 2.75) is 35.4 Å². The molecule has 0 radical (unpaired) electrons. The number of carbonyl (C=O) groups excluding carboxylic acids is 1. The Bertz CT molecular complexity index is 1310. The molecule has 2 unspecified atom stereocenters. The maximum absolute atomic E-state index is 13.3. The monoisotopic (exact) mass is 494 g/mol. The summed E-state index contributed by atoms with van der Waals surface area (Å²) in [6.45, 7) is 0.166. The third-order valence-corrected chi connectivity index (χ3v) is 8.01. The van der Waals surface area contributed by atoms with E-state index in [1.807, 2.05) is 12.1 Å². The van der Waals surface area contributed by atoms with E-state index in [2.05, 4.69) is 9.72 Å². The van der Waals surface area contributed by atoms with Gasteiger partial charge in [0.05, 0.1) is 34.5 Å². The van der Waals surface area contributed by atoms with Gasteiger partial charge < -0.3 is 14.4 Å². The van der Waals surface area contributed by atoms with Crippen molar-refractivity contribution in [3.63, 3.8) is 0 Å². The summed E-state index contributed by atoms with van der Waals surface area (Å²) in [6.07, 6.45) is -4.08. The Hall–Kier alpha value is -3.34. The number of rotatable bonds is 6. The van der Waals surface area contributed by atoms with Gasteiger partial charge in [0.2, 0.25) is 6.41 Å². The summed E-state index contributed by atoms with van der Waals surface area (Å²) in [5.41, 5.74) is 1.19. The summed E-state index contributed by atoms with van der Waals surface area (Å²) < 4.78 is 73.4. The highest BCUT2D eigenvalue weighted by Crippen LogP contribution is 2.36. The molecule has 0 aliphatic carbocycles. The Labute approximate surface area is 194 Å². The molecule has 4 rings (SSSR count). The number of hydrogen-bond donors (Lipinski definition) is 0. The molecule has 34 heavy (non-hydrogen) atoms. The van der Waals surface area contributed by atoms with E-state index >= 15 is 0 Å². The van der Waals surface area contributed by atoms with Crippen LogP contribution in [0.15, 0.2) is 59.5 Å². The van der Waals surface area contributed by atoms with Crippen molar-refractivity contribution in [3.05, 3.63) is 60.3 Å². The average molecular weight is 494 g/mol. The Morgan fingerprint density at radius 2 is 1.88 bits per heavy atom. The molecule has 11 heteroatoms. The van der Waals surface area contributed by atoms with Crippen LogP contribution in [0.4, 0.5) is 13.2 Å². The van der Waals surface area contributed by atoms with Crippen LogP contribution in [-0.4, -0.2) is 50.0 Å². The van der Waals surface area contributed by atoms with Gasteiger partial charge in [0.1, 0.15) is 11.5 Å². The number of amides is 1. The zero-order valence-corrected chi connectivity index (χ0v) is 18.8. The van der Waals surface area contributed by atoms with Crippen molar-refractivity contribution in [3.8, 4) is 11.5 Å². The third-order valence-electron chi connectivity index (χ3n) is 5.80. The minimum Gasteiger partial charge on any atom is -0.497 e. The van der Waals surface area contributed by atoms with Gasteiger partial charge in [-0.3, -0.25) is 9.78 Å². The summed E-state index contributed by atoms with van der Waals surface area (Å²) in [4.78, 5) is 17.5. The molecular formula is C23H21F3N2O5S. The number of fused-ring (bicyclic) bond motifs is 1. The summed E-state index contributed by atoms with van der Waals surface area (Å²) in [6, 6.07) is 12.6. The lowest BCUT2D eigenvalue weighted by atomic mass is 9.98. The highest BCUT2D eigenvalue weighted by molar-refractivity contribution is 7.92. The summed E-state index contributed by atoms with van der Waals surface area (Å²) >= 11 is 0. The number of aromatic nitrogens is 1. The number of benzene rings is 2. The van der Waals surface area contributed by atoms with Crippen molar-refractivity contribution in [2.24, 2.45) is 0 Å². The summed E-state index contributed by atoms with van der Waals surface area (Å²) in [5.74, 6) is 0.0548. The molecule has 7 nitrogen and oxygen atoms in total. The van der Waals surface area contributed by atoms with E-state index in [0.717, 1.165) is 17.5 Å². The van der Waals surface area contributed by atoms with Gasteiger partial charge in [-0.15, -0.1) is 13.2 Å². The minimum absolute atomic E-state index is 0.0556. The standard InChI is InChI=1S/C23H21F3N2O5S/c1-32-16-6-8-20-15(11-16)5-7-21(27-20)22-13-19(9-10-28(22)14-29)34(30,31)18-4-2-3-17(12-18)33-23(24,25)26/h2-8,11-12,14,19,22H,9-10,13H2,1H3. The lowest BCUT2D eigenvalue weighted by Gasteiger charge is -2.36. The fraction of sp³-hybridized carbons (Fsp3) is 0.304. The van der Waals surface area contributed by atoms with Crippen LogP contribution >= 0.6 is 0 Å². The van der Waals surface area contributed by atoms with Crippen LogP contribution in [0.2, 0.25) is 0 Å². The quantitative estimate of drug-likeness (QED) is 0.476.